The number of nitrogens with one attached hydrogen (secondary N) is 1. The molecule has 18 heavy (non-hydrogen) atoms. The maximum Gasteiger partial charge on any atom is 0.129 e. The summed E-state index contributed by atoms with van der Waals surface area (Å²) in [6.45, 7) is 0. The molecule has 6 heteroatoms. The smallest absolute Gasteiger partial charge is 0.129 e. The van der Waals surface area contributed by atoms with Gasteiger partial charge in [0.1, 0.15) is 10.8 Å². The van der Waals surface area contributed by atoms with E-state index in [4.69, 9.17) is 17.3 Å². The zero-order valence-electron chi connectivity index (χ0n) is 9.22. The summed E-state index contributed by atoms with van der Waals surface area (Å²) in [4.78, 5) is 4.54. The van der Waals surface area contributed by atoms with Crippen LogP contribution in [0.1, 0.15) is 0 Å². The number of anilines is 1. The van der Waals surface area contributed by atoms with Crippen LogP contribution in [-0.4, -0.2) is 15.2 Å². The summed E-state index contributed by atoms with van der Waals surface area (Å²) in [6, 6.07) is 7.63. The molecule has 2 heterocycles. The first-order valence-electron chi connectivity index (χ1n) is 5.25. The first-order chi connectivity index (χ1) is 8.75. The fraction of sp³-hybridized carbons (Fsp3) is 0. The molecular formula is C12H9ClN4S. The summed E-state index contributed by atoms with van der Waals surface area (Å²) in [5.41, 5.74) is 8.36. The van der Waals surface area contributed by atoms with Crippen LogP contribution >= 0.6 is 22.9 Å². The molecule has 0 aliphatic rings. The third kappa shape index (κ3) is 1.87. The van der Waals surface area contributed by atoms with Crippen molar-refractivity contribution in [3.63, 3.8) is 0 Å². The lowest BCUT2D eigenvalue weighted by Crippen LogP contribution is -1.87. The summed E-state index contributed by atoms with van der Waals surface area (Å²) in [7, 11) is 0. The van der Waals surface area contributed by atoms with E-state index >= 15 is 0 Å². The first kappa shape index (κ1) is 11.3. The lowest BCUT2D eigenvalue weighted by molar-refractivity contribution is 1.10. The van der Waals surface area contributed by atoms with Crippen molar-refractivity contribution >= 4 is 28.8 Å². The van der Waals surface area contributed by atoms with Crippen LogP contribution in [0.15, 0.2) is 35.8 Å². The number of benzene rings is 1. The Hall–Kier alpha value is -1.85. The van der Waals surface area contributed by atoms with E-state index in [1.807, 2.05) is 29.6 Å². The number of hydrogen-bond donors (Lipinski definition) is 2. The van der Waals surface area contributed by atoms with Crippen molar-refractivity contribution < 1.29 is 0 Å². The predicted octanol–water partition coefficient (Wildman–Crippen LogP) is 3.44. The van der Waals surface area contributed by atoms with E-state index in [0.717, 1.165) is 21.8 Å². The number of nitrogens with zero attached hydrogens (tertiary/aromatic N) is 2. The van der Waals surface area contributed by atoms with Gasteiger partial charge in [-0.1, -0.05) is 29.8 Å². The average molecular weight is 277 g/mol. The first-order valence-corrected chi connectivity index (χ1v) is 6.51. The normalized spacial score (nSPS) is 10.7. The molecule has 0 unspecified atom stereocenters. The highest BCUT2D eigenvalue weighted by Crippen LogP contribution is 2.33. The summed E-state index contributed by atoms with van der Waals surface area (Å²) in [6.07, 6.45) is 1.67. The van der Waals surface area contributed by atoms with Gasteiger partial charge < -0.3 is 5.73 Å². The fourth-order valence-corrected chi connectivity index (χ4v) is 2.73. The monoisotopic (exact) mass is 276 g/mol. The van der Waals surface area contributed by atoms with Crippen molar-refractivity contribution in [1.29, 1.82) is 0 Å². The fourth-order valence-electron chi connectivity index (χ4n) is 1.66. The topological polar surface area (TPSA) is 67.6 Å². The molecule has 0 saturated heterocycles. The third-order valence-corrected chi connectivity index (χ3v) is 3.76. The third-order valence-electron chi connectivity index (χ3n) is 2.55. The van der Waals surface area contributed by atoms with Crippen LogP contribution in [0.4, 0.5) is 5.82 Å². The number of thiazole rings is 1. The Morgan fingerprint density at radius 2 is 2.06 bits per heavy atom. The Morgan fingerprint density at radius 3 is 2.78 bits per heavy atom. The van der Waals surface area contributed by atoms with Gasteiger partial charge in [0.05, 0.1) is 17.5 Å². The van der Waals surface area contributed by atoms with E-state index in [2.05, 4.69) is 15.2 Å². The minimum absolute atomic E-state index is 0.523. The van der Waals surface area contributed by atoms with E-state index in [0.29, 0.717) is 10.8 Å². The summed E-state index contributed by atoms with van der Waals surface area (Å²) >= 11 is 7.66. The van der Waals surface area contributed by atoms with Crippen LogP contribution < -0.4 is 5.73 Å². The van der Waals surface area contributed by atoms with Crippen molar-refractivity contribution in [3.05, 3.63) is 40.9 Å². The molecule has 0 saturated carbocycles. The molecule has 0 atom stereocenters. The number of hydrogen-bond acceptors (Lipinski definition) is 4. The molecule has 3 aromatic rings. The van der Waals surface area contributed by atoms with Crippen LogP contribution in [0.25, 0.3) is 21.8 Å². The van der Waals surface area contributed by atoms with Crippen LogP contribution in [0.2, 0.25) is 5.02 Å². The molecule has 0 bridgehead atoms. The second-order valence-corrected chi connectivity index (χ2v) is 4.98. The van der Waals surface area contributed by atoms with Crippen molar-refractivity contribution in [2.24, 2.45) is 0 Å². The van der Waals surface area contributed by atoms with Crippen LogP contribution in [0.5, 0.6) is 0 Å². The second-order valence-electron chi connectivity index (χ2n) is 3.72. The van der Waals surface area contributed by atoms with Crippen LogP contribution in [0, 0.1) is 0 Å². The molecule has 0 radical (unpaired) electrons. The highest BCUT2D eigenvalue weighted by atomic mass is 35.5. The van der Waals surface area contributed by atoms with Gasteiger partial charge >= 0.3 is 0 Å². The number of rotatable bonds is 2. The predicted molar refractivity (Wildman–Crippen MR) is 74.6 cm³/mol. The Kier molecular flexibility index (Phi) is 2.77. The maximum atomic E-state index is 6.15. The lowest BCUT2D eigenvalue weighted by Gasteiger charge is -1.98. The zero-order chi connectivity index (χ0) is 12.5. The molecule has 2 aromatic heterocycles. The molecule has 3 rings (SSSR count). The molecule has 1 aromatic carbocycles. The number of halogens is 1. The summed E-state index contributed by atoms with van der Waals surface area (Å²) in [5.74, 6) is 0.523. The zero-order valence-corrected chi connectivity index (χ0v) is 10.8. The van der Waals surface area contributed by atoms with Crippen molar-refractivity contribution in [2.75, 3.05) is 5.73 Å². The Balaban J connectivity index is 2.05. The molecule has 90 valence electrons. The van der Waals surface area contributed by atoms with E-state index in [1.165, 1.54) is 11.3 Å². The van der Waals surface area contributed by atoms with Crippen LogP contribution in [-0.2, 0) is 0 Å². The van der Waals surface area contributed by atoms with E-state index in [1.54, 1.807) is 6.20 Å². The van der Waals surface area contributed by atoms with Crippen LogP contribution in [0.3, 0.4) is 0 Å². The largest absolute Gasteiger partial charge is 0.383 e. The minimum atomic E-state index is 0.523. The lowest BCUT2D eigenvalue weighted by atomic mass is 10.2. The average Bonchev–Trinajstić information content (AvgIpc) is 2.98. The number of aromatic amines is 1. The van der Waals surface area contributed by atoms with Crippen molar-refractivity contribution in [1.82, 2.24) is 15.2 Å². The molecule has 0 fully saturated rings. The Labute approximate surface area is 112 Å². The minimum Gasteiger partial charge on any atom is -0.383 e. The SMILES string of the molecule is Nc1[nH]ncc1-c1nc(-c2ccccc2Cl)cs1. The molecule has 0 spiro atoms. The Morgan fingerprint density at radius 1 is 1.22 bits per heavy atom. The van der Waals surface area contributed by atoms with Gasteiger partial charge in [0.25, 0.3) is 0 Å². The van der Waals surface area contributed by atoms with Gasteiger partial charge in [-0.15, -0.1) is 11.3 Å². The molecular weight excluding hydrogens is 268 g/mol. The van der Waals surface area contributed by atoms with E-state index in [9.17, 15) is 0 Å². The van der Waals surface area contributed by atoms with Crippen molar-refractivity contribution in [2.45, 2.75) is 0 Å². The van der Waals surface area contributed by atoms with Gasteiger partial charge in [-0.25, -0.2) is 4.98 Å². The van der Waals surface area contributed by atoms with Gasteiger partial charge in [0, 0.05) is 16.0 Å². The maximum absolute atomic E-state index is 6.15. The molecule has 3 N–H and O–H groups in total. The van der Waals surface area contributed by atoms with Crippen molar-refractivity contribution in [3.8, 4) is 21.8 Å². The quantitative estimate of drug-likeness (QED) is 0.753. The molecule has 4 nitrogen and oxygen atoms in total. The number of aromatic nitrogens is 3. The van der Waals surface area contributed by atoms with E-state index < -0.39 is 0 Å². The number of nitrogen functional groups attached to an aromatic ring is 1. The Bertz CT molecular complexity index is 689. The van der Waals surface area contributed by atoms with E-state index in [-0.39, 0.29) is 0 Å². The van der Waals surface area contributed by atoms with Gasteiger partial charge in [0.2, 0.25) is 0 Å². The summed E-state index contributed by atoms with van der Waals surface area (Å²) < 4.78 is 0. The molecule has 0 amide bonds. The number of nitrogens with two attached hydrogens (primary N) is 1. The van der Waals surface area contributed by atoms with Gasteiger partial charge in [0.15, 0.2) is 0 Å². The standard InChI is InChI=1S/C12H9ClN4S/c13-9-4-2-1-3-7(9)10-6-18-12(16-10)8-5-15-17-11(8)14/h1-6H,(H3,14,15,17). The highest BCUT2D eigenvalue weighted by molar-refractivity contribution is 7.13. The van der Waals surface area contributed by atoms with Gasteiger partial charge in [-0.05, 0) is 6.07 Å². The summed E-state index contributed by atoms with van der Waals surface area (Å²) in [5, 5.41) is 10.1. The molecule has 0 aliphatic heterocycles. The van der Waals surface area contributed by atoms with Gasteiger partial charge in [-0.3, -0.25) is 5.10 Å². The van der Waals surface area contributed by atoms with Gasteiger partial charge in [-0.2, -0.15) is 5.10 Å². The second kappa shape index (κ2) is 4.44. The number of H-pyrrole nitrogens is 1. The molecule has 0 aliphatic carbocycles. The highest BCUT2D eigenvalue weighted by Gasteiger charge is 2.12.